The zero-order valence-electron chi connectivity index (χ0n) is 24.6. The largest absolute Gasteiger partial charge is 0.402 e. The van der Waals surface area contributed by atoms with Crippen molar-refractivity contribution in [1.29, 1.82) is 0 Å². The van der Waals surface area contributed by atoms with E-state index in [4.69, 9.17) is 4.43 Å². The summed E-state index contributed by atoms with van der Waals surface area (Å²) in [6, 6.07) is 7.40. The van der Waals surface area contributed by atoms with Gasteiger partial charge in [-0.1, -0.05) is 44.1 Å². The highest BCUT2D eigenvalue weighted by Crippen LogP contribution is 2.60. The molecular weight excluding hydrogens is 591 g/mol. The Morgan fingerprint density at radius 3 is 2.49 bits per heavy atom. The van der Waals surface area contributed by atoms with Gasteiger partial charge in [0.15, 0.2) is 13.9 Å². The zero-order valence-corrected chi connectivity index (χ0v) is 27.3. The van der Waals surface area contributed by atoms with Crippen molar-refractivity contribution >= 4 is 39.7 Å². The highest BCUT2D eigenvalue weighted by atomic mass is 32.2. The monoisotopic (exact) mass is 633 g/mol. The molecule has 0 N–H and O–H groups in total. The number of thiazole rings is 1. The van der Waals surface area contributed by atoms with Gasteiger partial charge in [0.25, 0.3) is 12.9 Å². The molecule has 230 valence electrons. The van der Waals surface area contributed by atoms with Gasteiger partial charge >= 0.3 is 0 Å². The fourth-order valence-electron chi connectivity index (χ4n) is 7.46. The Hall–Kier alpha value is -1.30. The topological polar surface area (TPSA) is 56.3 Å². The number of benzene rings is 1. The second-order valence-corrected chi connectivity index (χ2v) is 20.9. The molecule has 0 saturated heterocycles. The van der Waals surface area contributed by atoms with E-state index >= 15 is 0 Å². The molecule has 0 unspecified atom stereocenters. The first-order chi connectivity index (χ1) is 19.1. The molecule has 2 aliphatic carbocycles. The normalized spacial score (nSPS) is 25.9. The minimum atomic E-state index is -3.55. The molecule has 0 radical (unpaired) electrons. The molecule has 1 heterocycles. The second kappa shape index (κ2) is 12.4. The van der Waals surface area contributed by atoms with Crippen LogP contribution >= 0.6 is 11.3 Å². The number of aromatic nitrogens is 1. The molecule has 1 aromatic carbocycles. The third-order valence-corrected chi connectivity index (χ3v) is 13.4. The molecular formula is C30H43F4NO3S2Si. The summed E-state index contributed by atoms with van der Waals surface area (Å²) in [5, 5.41) is 0. The van der Waals surface area contributed by atoms with E-state index in [0.717, 1.165) is 36.8 Å². The van der Waals surface area contributed by atoms with Crippen LogP contribution in [0.4, 0.5) is 17.6 Å². The zero-order chi connectivity index (χ0) is 30.2. The lowest BCUT2D eigenvalue weighted by molar-refractivity contribution is -0.169. The second-order valence-electron chi connectivity index (χ2n) is 13.2. The molecule has 2 saturated carbocycles. The SMILES string of the molecule is C[C@H](CCCC(O[Si](C)(C)C)(C(F)F)C(F)F)[C@H]1CC[C@H]2/C(=C/CS(=O)(=O)c3nc4ccccc4s3)CCC[C@]12C. The van der Waals surface area contributed by atoms with Crippen molar-refractivity contribution in [2.45, 2.75) is 108 Å². The Balaban J connectivity index is 1.43. The third-order valence-electron chi connectivity index (χ3n) is 9.29. The van der Waals surface area contributed by atoms with E-state index in [0.29, 0.717) is 17.9 Å². The summed E-state index contributed by atoms with van der Waals surface area (Å²) < 4.78 is 88.7. The summed E-state index contributed by atoms with van der Waals surface area (Å²) in [7, 11) is -6.18. The van der Waals surface area contributed by atoms with Crippen LogP contribution in [0.5, 0.6) is 0 Å². The van der Waals surface area contributed by atoms with Crippen LogP contribution in [0.25, 0.3) is 10.2 Å². The molecule has 1 aromatic heterocycles. The number of alkyl halides is 4. The molecule has 0 spiro atoms. The molecule has 2 fully saturated rings. The van der Waals surface area contributed by atoms with Crippen LogP contribution in [0.1, 0.15) is 65.2 Å². The van der Waals surface area contributed by atoms with Crippen molar-refractivity contribution < 1.29 is 30.4 Å². The van der Waals surface area contributed by atoms with Gasteiger partial charge in [0, 0.05) is 0 Å². The maximum absolute atomic E-state index is 14.0. The lowest BCUT2D eigenvalue weighted by Gasteiger charge is -2.44. The van der Waals surface area contributed by atoms with Gasteiger partial charge in [0.05, 0.1) is 16.0 Å². The van der Waals surface area contributed by atoms with Crippen molar-refractivity contribution in [3.05, 3.63) is 35.9 Å². The van der Waals surface area contributed by atoms with Crippen LogP contribution in [-0.2, 0) is 14.3 Å². The lowest BCUT2D eigenvalue weighted by atomic mass is 9.60. The van der Waals surface area contributed by atoms with E-state index in [1.54, 1.807) is 19.6 Å². The van der Waals surface area contributed by atoms with Crippen molar-refractivity contribution in [1.82, 2.24) is 4.98 Å². The van der Waals surface area contributed by atoms with Gasteiger partial charge in [-0.2, -0.15) is 0 Å². The first kappa shape index (κ1) is 32.6. The summed E-state index contributed by atoms with van der Waals surface area (Å²) in [5.74, 6) is 0.694. The van der Waals surface area contributed by atoms with Crippen LogP contribution in [-0.4, -0.2) is 45.9 Å². The van der Waals surface area contributed by atoms with Crippen molar-refractivity contribution in [2.24, 2.45) is 23.2 Å². The van der Waals surface area contributed by atoms with Crippen LogP contribution in [0, 0.1) is 23.2 Å². The molecule has 4 nitrogen and oxygen atoms in total. The van der Waals surface area contributed by atoms with Gasteiger partial charge in [-0.25, -0.2) is 31.0 Å². The summed E-state index contributed by atoms with van der Waals surface area (Å²) in [6.45, 7) is 9.37. The highest BCUT2D eigenvalue weighted by molar-refractivity contribution is 7.93. The van der Waals surface area contributed by atoms with E-state index in [1.165, 1.54) is 16.9 Å². The van der Waals surface area contributed by atoms with Crippen LogP contribution in [0.15, 0.2) is 40.3 Å². The number of fused-ring (bicyclic) bond motifs is 2. The average molecular weight is 634 g/mol. The molecule has 41 heavy (non-hydrogen) atoms. The molecule has 0 bridgehead atoms. The van der Waals surface area contributed by atoms with Gasteiger partial charge < -0.3 is 4.43 Å². The fraction of sp³-hybridized carbons (Fsp3) is 0.700. The number of para-hydroxylation sites is 1. The maximum atomic E-state index is 14.0. The van der Waals surface area contributed by atoms with Crippen molar-refractivity contribution in [3.8, 4) is 0 Å². The Morgan fingerprint density at radius 2 is 1.85 bits per heavy atom. The van der Waals surface area contributed by atoms with Gasteiger partial charge in [-0.3, -0.25) is 0 Å². The van der Waals surface area contributed by atoms with Crippen LogP contribution < -0.4 is 0 Å². The molecule has 2 aliphatic rings. The molecule has 11 heteroatoms. The minimum absolute atomic E-state index is 0.0273. The lowest BCUT2D eigenvalue weighted by Crippen LogP contribution is -2.53. The Bertz CT molecular complexity index is 1300. The predicted molar refractivity (Wildman–Crippen MR) is 160 cm³/mol. The summed E-state index contributed by atoms with van der Waals surface area (Å²) in [5.41, 5.74) is -0.855. The predicted octanol–water partition coefficient (Wildman–Crippen LogP) is 9.14. The summed E-state index contributed by atoms with van der Waals surface area (Å²) >= 11 is 1.20. The summed E-state index contributed by atoms with van der Waals surface area (Å²) in [6.07, 6.45) is 0.650. The van der Waals surface area contributed by atoms with Gasteiger partial charge in [-0.15, -0.1) is 11.3 Å². The molecule has 4 rings (SSSR count). The molecule has 0 amide bonds. The number of rotatable bonds is 12. The molecule has 4 atom stereocenters. The molecule has 2 aromatic rings. The average Bonchev–Trinajstić information content (AvgIpc) is 3.47. The third kappa shape index (κ3) is 6.93. The minimum Gasteiger partial charge on any atom is -0.402 e. The van der Waals surface area contributed by atoms with E-state index < -0.39 is 36.6 Å². The van der Waals surface area contributed by atoms with Crippen LogP contribution in [0.2, 0.25) is 19.6 Å². The number of sulfone groups is 1. The number of hydrogen-bond donors (Lipinski definition) is 0. The van der Waals surface area contributed by atoms with E-state index in [-0.39, 0.29) is 40.2 Å². The smallest absolute Gasteiger partial charge is 0.271 e. The Morgan fingerprint density at radius 1 is 1.17 bits per heavy atom. The number of hydrogen-bond acceptors (Lipinski definition) is 5. The quantitative estimate of drug-likeness (QED) is 0.133. The standard InChI is InChI=1S/C30H43F4NO3S2Si/c1-20(10-8-18-30(26(31)32,27(33)34)38-41(3,4)5)22-14-15-23-21(11-9-17-29(22,23)2)16-19-40(36,37)28-35-24-12-6-7-13-25(24)39-28/h6-7,12-13,16,20,22-23,26-27H,8-11,14-15,17-19H2,1-5H3/b21-16+/t20-,22-,23+,29-/m1/s1. The Kier molecular flexibility index (Phi) is 9.83. The summed E-state index contributed by atoms with van der Waals surface area (Å²) in [4.78, 5) is 4.35. The maximum Gasteiger partial charge on any atom is 0.271 e. The molecule has 0 aliphatic heterocycles. The number of nitrogens with zero attached hydrogens (tertiary/aromatic N) is 1. The Labute approximate surface area is 247 Å². The number of allylic oxidation sites excluding steroid dienone is 1. The fourth-order valence-corrected chi connectivity index (χ4v) is 11.4. The van der Waals surface area contributed by atoms with E-state index in [2.05, 4.69) is 18.8 Å². The van der Waals surface area contributed by atoms with Gasteiger partial charge in [0.1, 0.15) is 0 Å². The van der Waals surface area contributed by atoms with Crippen LogP contribution in [0.3, 0.4) is 0 Å². The van der Waals surface area contributed by atoms with E-state index in [1.807, 2.05) is 30.3 Å². The van der Waals surface area contributed by atoms with Crippen molar-refractivity contribution in [3.63, 3.8) is 0 Å². The number of halogens is 4. The first-order valence-corrected chi connectivity index (χ1v) is 20.5. The van der Waals surface area contributed by atoms with Gasteiger partial charge in [0.2, 0.25) is 14.2 Å². The first-order valence-electron chi connectivity index (χ1n) is 14.6. The highest BCUT2D eigenvalue weighted by Gasteiger charge is 2.53. The van der Waals surface area contributed by atoms with E-state index in [9.17, 15) is 26.0 Å². The van der Waals surface area contributed by atoms with Crippen molar-refractivity contribution in [2.75, 3.05) is 5.75 Å². The van der Waals surface area contributed by atoms with Gasteiger partial charge in [-0.05, 0) is 99.9 Å².